The van der Waals surface area contributed by atoms with Gasteiger partial charge in [0, 0.05) is 0 Å². The van der Waals surface area contributed by atoms with Crippen LogP contribution in [0.5, 0.6) is 0 Å². The minimum absolute atomic E-state index is 0.265. The van der Waals surface area contributed by atoms with Gasteiger partial charge in [0.2, 0.25) is 5.79 Å². The molecule has 1 aliphatic heterocycles. The van der Waals surface area contributed by atoms with Crippen molar-refractivity contribution in [1.82, 2.24) is 0 Å². The summed E-state index contributed by atoms with van der Waals surface area (Å²) in [7, 11) is 0. The zero-order valence-corrected chi connectivity index (χ0v) is 7.08. The molecule has 0 spiro atoms. The molecule has 0 aromatic heterocycles. The fourth-order valence-corrected chi connectivity index (χ4v) is 0.656. The van der Waals surface area contributed by atoms with E-state index in [1.165, 1.54) is 6.92 Å². The summed E-state index contributed by atoms with van der Waals surface area (Å²) in [6.07, 6.45) is -8.06. The second-order valence-corrected chi connectivity index (χ2v) is 2.44. The maximum Gasteiger partial charge on any atom is 0.559 e. The molecule has 0 bridgehead atoms. The summed E-state index contributed by atoms with van der Waals surface area (Å²) >= 11 is 0. The van der Waals surface area contributed by atoms with Crippen molar-refractivity contribution in [2.75, 3.05) is 13.2 Å². The third-order valence-electron chi connectivity index (χ3n) is 1.26. The molecule has 0 aromatic carbocycles. The van der Waals surface area contributed by atoms with Crippen LogP contribution >= 0.6 is 0 Å². The summed E-state index contributed by atoms with van der Waals surface area (Å²) in [5, 5.41) is 0. The third kappa shape index (κ3) is 6.03. The highest BCUT2D eigenvalue weighted by molar-refractivity contribution is 4.69. The predicted octanol–water partition coefficient (Wildman–Crippen LogP) is 2.49. The van der Waals surface area contributed by atoms with E-state index in [4.69, 9.17) is 0 Å². The van der Waals surface area contributed by atoms with E-state index in [9.17, 15) is 26.3 Å². The van der Waals surface area contributed by atoms with Gasteiger partial charge in [-0.2, -0.15) is 0 Å². The van der Waals surface area contributed by atoms with Gasteiger partial charge in [0.05, 0.1) is 13.2 Å². The monoisotopic (exact) mass is 226 g/mol. The van der Waals surface area contributed by atoms with Gasteiger partial charge >= 0.3 is 6.43 Å². The van der Waals surface area contributed by atoms with E-state index >= 15 is 0 Å². The van der Waals surface area contributed by atoms with Gasteiger partial charge in [0.1, 0.15) is 0 Å². The highest BCUT2D eigenvalue weighted by Gasteiger charge is 2.40. The Morgan fingerprint density at radius 2 is 1.36 bits per heavy atom. The van der Waals surface area contributed by atoms with Crippen molar-refractivity contribution in [3.8, 4) is 0 Å². The highest BCUT2D eigenvalue weighted by atomic mass is 19.5. The van der Waals surface area contributed by atoms with Gasteiger partial charge < -0.3 is 9.47 Å². The SMILES string of the molecule is CC1(C(F)F)OCCO1.FC(F)(F)F. The summed E-state index contributed by atoms with van der Waals surface area (Å²) in [5.74, 6) is -1.64. The van der Waals surface area contributed by atoms with E-state index in [-0.39, 0.29) is 13.2 Å². The second-order valence-electron chi connectivity index (χ2n) is 2.44. The van der Waals surface area contributed by atoms with Gasteiger partial charge in [-0.3, -0.25) is 0 Å². The molecule has 1 rings (SSSR count). The number of rotatable bonds is 1. The smallest absolute Gasteiger partial charge is 0.343 e. The third-order valence-corrected chi connectivity index (χ3v) is 1.26. The number of ether oxygens (including phenoxy) is 2. The molecule has 1 saturated heterocycles. The maximum atomic E-state index is 11.9. The summed E-state index contributed by atoms with van der Waals surface area (Å²) < 4.78 is 71.8. The van der Waals surface area contributed by atoms with Gasteiger partial charge in [-0.25, -0.2) is 8.78 Å². The van der Waals surface area contributed by atoms with Gasteiger partial charge in [0.25, 0.3) is 6.43 Å². The van der Waals surface area contributed by atoms with Crippen molar-refractivity contribution in [2.24, 2.45) is 0 Å². The van der Waals surface area contributed by atoms with Crippen molar-refractivity contribution in [2.45, 2.75) is 25.6 Å². The Kier molecular flexibility index (Phi) is 4.66. The van der Waals surface area contributed by atoms with Crippen molar-refractivity contribution in [1.29, 1.82) is 0 Å². The van der Waals surface area contributed by atoms with Crippen LogP contribution in [0.3, 0.4) is 0 Å². The van der Waals surface area contributed by atoms with Crippen molar-refractivity contribution >= 4 is 0 Å². The van der Waals surface area contributed by atoms with Crippen LogP contribution in [-0.4, -0.2) is 31.9 Å². The standard InChI is InChI=1S/C5H8F2O2.CF4/c1-5(4(6)7)8-2-3-9-5;2-1(3,4)5/h4H,2-3H2,1H3;. The zero-order valence-electron chi connectivity index (χ0n) is 7.08. The Balaban J connectivity index is 0.000000292. The summed E-state index contributed by atoms with van der Waals surface area (Å²) in [6.45, 7) is 1.77. The Morgan fingerprint density at radius 3 is 1.50 bits per heavy atom. The molecule has 0 N–H and O–H groups in total. The van der Waals surface area contributed by atoms with Crippen molar-refractivity contribution in [3.63, 3.8) is 0 Å². The minimum atomic E-state index is -5.50. The quantitative estimate of drug-likeness (QED) is 0.639. The van der Waals surface area contributed by atoms with Crippen LogP contribution in [0, 0.1) is 0 Å². The molecule has 0 atom stereocenters. The first-order chi connectivity index (χ1) is 6.15. The van der Waals surface area contributed by atoms with Gasteiger partial charge in [-0.05, 0) is 6.92 Å². The molecule has 0 amide bonds. The molecule has 1 aliphatic rings. The molecule has 8 heteroatoms. The first kappa shape index (κ1) is 13.5. The summed E-state index contributed by atoms with van der Waals surface area (Å²) in [5.41, 5.74) is 0. The lowest BCUT2D eigenvalue weighted by molar-refractivity contribution is -0.237. The lowest BCUT2D eigenvalue weighted by Gasteiger charge is -2.19. The molecule has 2 nitrogen and oxygen atoms in total. The number of alkyl halides is 6. The highest BCUT2D eigenvalue weighted by Crippen LogP contribution is 2.25. The zero-order chi connectivity index (χ0) is 11.4. The molecule has 1 fully saturated rings. The topological polar surface area (TPSA) is 18.5 Å². The van der Waals surface area contributed by atoms with Gasteiger partial charge in [-0.15, -0.1) is 17.6 Å². The maximum absolute atomic E-state index is 11.9. The molecule has 14 heavy (non-hydrogen) atoms. The van der Waals surface area contributed by atoms with Crippen LogP contribution in [0.2, 0.25) is 0 Å². The van der Waals surface area contributed by atoms with E-state index in [1.807, 2.05) is 0 Å². The average Bonchev–Trinajstić information content (AvgIpc) is 2.33. The first-order valence-corrected chi connectivity index (χ1v) is 3.47. The van der Waals surface area contributed by atoms with Crippen LogP contribution < -0.4 is 0 Å². The van der Waals surface area contributed by atoms with Crippen molar-refractivity contribution < 1.29 is 35.8 Å². The number of hydrogen-bond donors (Lipinski definition) is 0. The Hall–Kier alpha value is -0.500. The van der Waals surface area contributed by atoms with Crippen LogP contribution in [0.1, 0.15) is 6.92 Å². The lowest BCUT2D eigenvalue weighted by atomic mass is 10.3. The fraction of sp³-hybridized carbons (Fsp3) is 1.00. The molecular weight excluding hydrogens is 218 g/mol. The largest absolute Gasteiger partial charge is 0.559 e. The summed E-state index contributed by atoms with van der Waals surface area (Å²) in [4.78, 5) is 0. The number of halogens is 6. The van der Waals surface area contributed by atoms with Crippen LogP contribution in [0.4, 0.5) is 26.3 Å². The molecule has 0 aromatic rings. The predicted molar refractivity (Wildman–Crippen MR) is 33.5 cm³/mol. The Bertz CT molecular complexity index is 156. The van der Waals surface area contributed by atoms with Gasteiger partial charge in [0.15, 0.2) is 0 Å². The molecule has 0 saturated carbocycles. The van der Waals surface area contributed by atoms with Crippen LogP contribution in [-0.2, 0) is 9.47 Å². The Labute approximate surface area is 75.8 Å². The first-order valence-electron chi connectivity index (χ1n) is 3.47. The molecule has 0 aliphatic carbocycles. The van der Waals surface area contributed by atoms with Crippen LogP contribution in [0.15, 0.2) is 0 Å². The van der Waals surface area contributed by atoms with E-state index in [0.29, 0.717) is 0 Å². The molecular formula is C6H8F6O2. The van der Waals surface area contributed by atoms with E-state index in [0.717, 1.165) is 0 Å². The van der Waals surface area contributed by atoms with E-state index in [2.05, 4.69) is 9.47 Å². The number of hydrogen-bond acceptors (Lipinski definition) is 2. The van der Waals surface area contributed by atoms with Crippen LogP contribution in [0.25, 0.3) is 0 Å². The lowest BCUT2D eigenvalue weighted by Crippen LogP contribution is -2.34. The average molecular weight is 226 g/mol. The van der Waals surface area contributed by atoms with Crippen molar-refractivity contribution in [3.05, 3.63) is 0 Å². The van der Waals surface area contributed by atoms with E-state index < -0.39 is 18.6 Å². The van der Waals surface area contributed by atoms with E-state index in [1.54, 1.807) is 0 Å². The Morgan fingerprint density at radius 1 is 1.07 bits per heavy atom. The van der Waals surface area contributed by atoms with Gasteiger partial charge in [-0.1, -0.05) is 0 Å². The molecule has 0 unspecified atom stereocenters. The minimum Gasteiger partial charge on any atom is -0.343 e. The molecule has 86 valence electrons. The normalized spacial score (nSPS) is 20.6. The summed E-state index contributed by atoms with van der Waals surface area (Å²) in [6, 6.07) is 0. The second kappa shape index (κ2) is 4.83. The fourth-order valence-electron chi connectivity index (χ4n) is 0.656. The molecule has 1 heterocycles. The molecule has 0 radical (unpaired) electrons.